The number of ether oxygens (including phenoxy) is 2. The van der Waals surface area contributed by atoms with E-state index in [1.54, 1.807) is 13.2 Å². The van der Waals surface area contributed by atoms with Crippen molar-refractivity contribution in [2.75, 3.05) is 7.11 Å². The van der Waals surface area contributed by atoms with Gasteiger partial charge in [0.25, 0.3) is 0 Å². The van der Waals surface area contributed by atoms with E-state index in [9.17, 15) is 0 Å². The molecule has 2 rings (SSSR count). The molecule has 0 saturated carbocycles. The quantitative estimate of drug-likeness (QED) is 0.852. The van der Waals surface area contributed by atoms with Crippen LogP contribution < -0.4 is 15.2 Å². The number of para-hydroxylation sites is 1. The average Bonchev–Trinajstić information content (AvgIpc) is 2.88. The van der Waals surface area contributed by atoms with E-state index in [2.05, 4.69) is 5.16 Å². The van der Waals surface area contributed by atoms with Crippen LogP contribution in [0.5, 0.6) is 11.5 Å². The van der Waals surface area contributed by atoms with Crippen LogP contribution in [0.25, 0.3) is 0 Å². The van der Waals surface area contributed by atoms with Crippen molar-refractivity contribution >= 4 is 0 Å². The van der Waals surface area contributed by atoms with Gasteiger partial charge in [0.05, 0.1) is 7.11 Å². The number of aromatic nitrogens is 1. The van der Waals surface area contributed by atoms with Gasteiger partial charge in [0, 0.05) is 18.2 Å². The van der Waals surface area contributed by atoms with Gasteiger partial charge in [0.1, 0.15) is 18.6 Å². The summed E-state index contributed by atoms with van der Waals surface area (Å²) in [5.41, 5.74) is 7.27. The Bertz CT molecular complexity index is 446. The fourth-order valence-electron chi connectivity index (χ4n) is 1.50. The molecule has 0 aliphatic rings. The molecule has 0 saturated heterocycles. The van der Waals surface area contributed by atoms with E-state index in [1.165, 1.54) is 6.26 Å². The van der Waals surface area contributed by atoms with Crippen molar-refractivity contribution in [3.8, 4) is 11.5 Å². The zero-order valence-corrected chi connectivity index (χ0v) is 9.55. The van der Waals surface area contributed by atoms with Gasteiger partial charge in [-0.15, -0.1) is 0 Å². The molecule has 1 aromatic heterocycles. The third-order valence-corrected chi connectivity index (χ3v) is 2.36. The van der Waals surface area contributed by atoms with Crippen LogP contribution in [-0.2, 0) is 13.2 Å². The Morgan fingerprint density at radius 2 is 2.24 bits per heavy atom. The molecule has 2 N–H and O–H groups in total. The van der Waals surface area contributed by atoms with Crippen molar-refractivity contribution in [3.05, 3.63) is 41.8 Å². The molecule has 5 heteroatoms. The second kappa shape index (κ2) is 5.36. The molecule has 2 aromatic rings. The zero-order chi connectivity index (χ0) is 12.1. The van der Waals surface area contributed by atoms with Gasteiger partial charge >= 0.3 is 0 Å². The Kier molecular flexibility index (Phi) is 3.62. The van der Waals surface area contributed by atoms with Crippen LogP contribution in [0.15, 0.2) is 35.1 Å². The van der Waals surface area contributed by atoms with E-state index in [4.69, 9.17) is 19.7 Å². The summed E-state index contributed by atoms with van der Waals surface area (Å²) in [6.45, 7) is 0.717. The van der Waals surface area contributed by atoms with Crippen molar-refractivity contribution in [2.45, 2.75) is 13.2 Å². The number of hydrogen-bond acceptors (Lipinski definition) is 5. The molecular weight excluding hydrogens is 220 g/mol. The molecular formula is C12H14N2O3. The molecule has 0 radical (unpaired) electrons. The third kappa shape index (κ3) is 2.57. The van der Waals surface area contributed by atoms with Crippen molar-refractivity contribution in [2.24, 2.45) is 5.73 Å². The lowest BCUT2D eigenvalue weighted by Crippen LogP contribution is -2.04. The molecule has 0 amide bonds. The minimum absolute atomic E-state index is 0.323. The predicted molar refractivity (Wildman–Crippen MR) is 61.7 cm³/mol. The van der Waals surface area contributed by atoms with Crippen LogP contribution in [0.4, 0.5) is 0 Å². The van der Waals surface area contributed by atoms with Gasteiger partial charge in [0.2, 0.25) is 0 Å². The van der Waals surface area contributed by atoms with Crippen molar-refractivity contribution < 1.29 is 14.0 Å². The first kappa shape index (κ1) is 11.5. The Labute approximate surface area is 99.1 Å². The summed E-state index contributed by atoms with van der Waals surface area (Å²) in [6.07, 6.45) is 1.50. The number of rotatable bonds is 5. The zero-order valence-electron chi connectivity index (χ0n) is 9.55. The maximum atomic E-state index is 5.67. The lowest BCUT2D eigenvalue weighted by atomic mass is 10.2. The first-order valence-corrected chi connectivity index (χ1v) is 5.23. The summed E-state index contributed by atoms with van der Waals surface area (Å²) in [7, 11) is 1.60. The number of nitrogens with two attached hydrogens (primary N) is 1. The molecule has 0 unspecified atom stereocenters. The summed E-state index contributed by atoms with van der Waals surface area (Å²) in [5, 5.41) is 3.77. The summed E-state index contributed by atoms with van der Waals surface area (Å²) >= 11 is 0. The van der Waals surface area contributed by atoms with Crippen molar-refractivity contribution in [1.82, 2.24) is 5.16 Å². The molecule has 0 bridgehead atoms. The highest BCUT2D eigenvalue weighted by Gasteiger charge is 2.10. The molecule has 0 spiro atoms. The van der Waals surface area contributed by atoms with Crippen molar-refractivity contribution in [1.29, 1.82) is 0 Å². The summed E-state index contributed by atoms with van der Waals surface area (Å²) in [5.74, 6) is 1.32. The second-order valence-corrected chi connectivity index (χ2v) is 3.43. The van der Waals surface area contributed by atoms with E-state index < -0.39 is 0 Å². The number of benzene rings is 1. The van der Waals surface area contributed by atoms with Gasteiger partial charge in [-0.2, -0.15) is 0 Å². The topological polar surface area (TPSA) is 70.5 Å². The maximum absolute atomic E-state index is 5.67. The first-order valence-electron chi connectivity index (χ1n) is 5.23. The van der Waals surface area contributed by atoms with Crippen LogP contribution in [0.2, 0.25) is 0 Å². The smallest absolute Gasteiger partial charge is 0.166 e. The summed E-state index contributed by atoms with van der Waals surface area (Å²) in [6, 6.07) is 7.36. The number of nitrogens with zero attached hydrogens (tertiary/aromatic N) is 1. The fourth-order valence-corrected chi connectivity index (χ4v) is 1.50. The summed E-state index contributed by atoms with van der Waals surface area (Å²) in [4.78, 5) is 0. The predicted octanol–water partition coefficient (Wildman–Crippen LogP) is 1.72. The third-order valence-electron chi connectivity index (χ3n) is 2.36. The van der Waals surface area contributed by atoms with Crippen LogP contribution in [-0.4, -0.2) is 12.3 Å². The van der Waals surface area contributed by atoms with Crippen molar-refractivity contribution in [3.63, 3.8) is 0 Å². The molecule has 0 atom stereocenters. The van der Waals surface area contributed by atoms with E-state index in [0.717, 1.165) is 11.3 Å². The molecule has 0 fully saturated rings. The van der Waals surface area contributed by atoms with Gasteiger partial charge in [-0.25, -0.2) is 0 Å². The fraction of sp³-hybridized carbons (Fsp3) is 0.250. The lowest BCUT2D eigenvalue weighted by Gasteiger charge is -2.13. The van der Waals surface area contributed by atoms with Gasteiger partial charge in [-0.3, -0.25) is 0 Å². The molecule has 0 aliphatic carbocycles. The van der Waals surface area contributed by atoms with E-state index in [1.807, 2.05) is 18.2 Å². The van der Waals surface area contributed by atoms with Crippen LogP contribution in [0.3, 0.4) is 0 Å². The Hall–Kier alpha value is -2.01. The number of methoxy groups -OCH3 is 1. The van der Waals surface area contributed by atoms with E-state index in [0.29, 0.717) is 24.7 Å². The summed E-state index contributed by atoms with van der Waals surface area (Å²) < 4.78 is 15.6. The lowest BCUT2D eigenvalue weighted by molar-refractivity contribution is 0.269. The van der Waals surface area contributed by atoms with Crippen LogP contribution >= 0.6 is 0 Å². The SMILES string of the molecule is COc1cccc(CN)c1OCc1ccon1. The number of hydrogen-bond donors (Lipinski definition) is 1. The monoisotopic (exact) mass is 234 g/mol. The maximum Gasteiger partial charge on any atom is 0.166 e. The highest BCUT2D eigenvalue weighted by molar-refractivity contribution is 5.46. The molecule has 1 heterocycles. The molecule has 1 aromatic carbocycles. The van der Waals surface area contributed by atoms with Gasteiger partial charge in [-0.1, -0.05) is 17.3 Å². The van der Waals surface area contributed by atoms with Gasteiger partial charge in [-0.05, 0) is 6.07 Å². The highest BCUT2D eigenvalue weighted by Crippen LogP contribution is 2.31. The molecule has 17 heavy (non-hydrogen) atoms. The molecule has 90 valence electrons. The largest absolute Gasteiger partial charge is 0.493 e. The molecule has 5 nitrogen and oxygen atoms in total. The first-order chi connectivity index (χ1) is 8.35. The highest BCUT2D eigenvalue weighted by atomic mass is 16.5. The van der Waals surface area contributed by atoms with Crippen LogP contribution in [0.1, 0.15) is 11.3 Å². The second-order valence-electron chi connectivity index (χ2n) is 3.43. The Balaban J connectivity index is 2.18. The van der Waals surface area contributed by atoms with E-state index >= 15 is 0 Å². The van der Waals surface area contributed by atoms with Crippen LogP contribution in [0, 0.1) is 0 Å². The average molecular weight is 234 g/mol. The minimum Gasteiger partial charge on any atom is -0.493 e. The normalized spacial score (nSPS) is 10.2. The van der Waals surface area contributed by atoms with Gasteiger partial charge < -0.3 is 19.7 Å². The Morgan fingerprint density at radius 3 is 2.88 bits per heavy atom. The minimum atomic E-state index is 0.323. The standard InChI is InChI=1S/C12H14N2O3/c1-15-11-4-2-3-9(7-13)12(11)16-8-10-5-6-17-14-10/h2-6H,7-8,13H2,1H3. The Morgan fingerprint density at radius 1 is 1.35 bits per heavy atom. The molecule has 0 aliphatic heterocycles. The van der Waals surface area contributed by atoms with Gasteiger partial charge in [0.15, 0.2) is 11.5 Å². The van der Waals surface area contributed by atoms with E-state index in [-0.39, 0.29) is 0 Å².